The molecule has 0 radical (unpaired) electrons. The predicted molar refractivity (Wildman–Crippen MR) is 311 cm³/mol. The number of carbonyl (C=O) groups is 3. The zero-order valence-corrected chi connectivity index (χ0v) is 46.9. The van der Waals surface area contributed by atoms with Gasteiger partial charge in [0.25, 0.3) is 0 Å². The maximum absolute atomic E-state index is 12.9. The van der Waals surface area contributed by atoms with Crippen molar-refractivity contribution in [2.75, 3.05) is 13.2 Å². The van der Waals surface area contributed by atoms with E-state index in [1.54, 1.807) is 0 Å². The molecule has 6 nitrogen and oxygen atoms in total. The molecule has 0 aromatic carbocycles. The SMILES string of the molecule is CC/C=C\C/C=C\C/C=C\C/C=C\C/C=C\CCCCCCCC(=O)OCC(COC(=O)CC/C=C\C/C=C\C/C=C\C/C=C\CC)OC(=O)CCCCCCCCCCCCCCCCCCCCCC. The summed E-state index contributed by atoms with van der Waals surface area (Å²) in [7, 11) is 0. The highest BCUT2D eigenvalue weighted by Gasteiger charge is 2.19. The van der Waals surface area contributed by atoms with Gasteiger partial charge < -0.3 is 14.2 Å². The average molecular weight is 1000 g/mol. The molecular formula is C66H110O6. The van der Waals surface area contributed by atoms with Gasteiger partial charge in [0.15, 0.2) is 6.10 Å². The smallest absolute Gasteiger partial charge is 0.306 e. The van der Waals surface area contributed by atoms with Crippen LogP contribution in [-0.2, 0) is 28.6 Å². The highest BCUT2D eigenvalue weighted by atomic mass is 16.6. The first kappa shape index (κ1) is 68.1. The van der Waals surface area contributed by atoms with Crippen LogP contribution in [0.1, 0.15) is 271 Å². The van der Waals surface area contributed by atoms with Gasteiger partial charge in [0.05, 0.1) is 0 Å². The van der Waals surface area contributed by atoms with Crippen molar-refractivity contribution in [3.8, 4) is 0 Å². The Morgan fingerprint density at radius 2 is 0.569 bits per heavy atom. The van der Waals surface area contributed by atoms with Crippen LogP contribution in [0.4, 0.5) is 0 Å². The number of carbonyl (C=O) groups excluding carboxylic acids is 3. The van der Waals surface area contributed by atoms with Crippen LogP contribution >= 0.6 is 0 Å². The number of unbranched alkanes of at least 4 members (excludes halogenated alkanes) is 24. The van der Waals surface area contributed by atoms with Crippen molar-refractivity contribution in [1.82, 2.24) is 0 Å². The summed E-state index contributed by atoms with van der Waals surface area (Å²) in [5, 5.41) is 0. The summed E-state index contributed by atoms with van der Waals surface area (Å²) in [4.78, 5) is 38.2. The molecule has 1 atom stereocenters. The highest BCUT2D eigenvalue weighted by molar-refractivity contribution is 5.71. The number of hydrogen-bond acceptors (Lipinski definition) is 6. The van der Waals surface area contributed by atoms with Gasteiger partial charge in [-0.2, -0.15) is 0 Å². The minimum absolute atomic E-state index is 0.110. The largest absolute Gasteiger partial charge is 0.462 e. The molecule has 0 rings (SSSR count). The van der Waals surface area contributed by atoms with E-state index in [1.807, 2.05) is 6.08 Å². The highest BCUT2D eigenvalue weighted by Crippen LogP contribution is 2.16. The molecule has 0 fully saturated rings. The lowest BCUT2D eigenvalue weighted by Gasteiger charge is -2.18. The second kappa shape index (κ2) is 59.6. The van der Waals surface area contributed by atoms with Gasteiger partial charge in [0.2, 0.25) is 0 Å². The first-order valence-electron chi connectivity index (χ1n) is 29.9. The van der Waals surface area contributed by atoms with Crippen LogP contribution < -0.4 is 0 Å². The summed E-state index contributed by atoms with van der Waals surface area (Å²) in [6.45, 7) is 6.35. The van der Waals surface area contributed by atoms with Crippen molar-refractivity contribution in [2.45, 2.75) is 277 Å². The molecule has 0 spiro atoms. The lowest BCUT2D eigenvalue weighted by atomic mass is 10.0. The zero-order valence-electron chi connectivity index (χ0n) is 46.9. The summed E-state index contributed by atoms with van der Waals surface area (Å²) in [5.41, 5.74) is 0. The first-order valence-corrected chi connectivity index (χ1v) is 29.9. The third kappa shape index (κ3) is 57.0. The van der Waals surface area contributed by atoms with E-state index in [0.717, 1.165) is 116 Å². The van der Waals surface area contributed by atoms with Crippen molar-refractivity contribution >= 4 is 17.9 Å². The summed E-state index contributed by atoms with van der Waals surface area (Å²) in [6.07, 6.45) is 81.0. The standard InChI is InChI=1S/C66H110O6/c1-4-7-10-13-16-19-22-25-27-29-31-33-35-36-38-41-44-47-50-53-56-59-65(68)71-62-63(61-70-64(67)58-55-52-49-46-43-40-24-21-18-15-12-9-6-3)72-66(69)60-57-54-51-48-45-42-39-37-34-32-30-28-26-23-20-17-14-11-8-5-2/h7,9-10,12,16,18-19,21,25,27,31,33,36,38,40,43,49,52,63H,4-6,8,11,13-15,17,20,22-24,26,28-30,32,34-35,37,39,41-42,44-48,50-51,53-62H2,1-3H3/b10-7-,12-9-,19-16-,21-18-,27-25-,33-31-,38-36-,43-40-,52-49-. The van der Waals surface area contributed by atoms with Gasteiger partial charge >= 0.3 is 17.9 Å². The molecule has 0 heterocycles. The Bertz CT molecular complexity index is 1470. The van der Waals surface area contributed by atoms with Crippen molar-refractivity contribution < 1.29 is 28.6 Å². The number of esters is 3. The van der Waals surface area contributed by atoms with Crippen LogP contribution in [0.3, 0.4) is 0 Å². The topological polar surface area (TPSA) is 78.9 Å². The molecule has 0 saturated carbocycles. The number of rotatable bonds is 53. The molecule has 0 aromatic rings. The van der Waals surface area contributed by atoms with E-state index in [1.165, 1.54) is 109 Å². The van der Waals surface area contributed by atoms with E-state index >= 15 is 0 Å². The zero-order chi connectivity index (χ0) is 52.2. The first-order chi connectivity index (χ1) is 35.5. The van der Waals surface area contributed by atoms with Gasteiger partial charge in [-0.15, -0.1) is 0 Å². The Morgan fingerprint density at radius 1 is 0.292 bits per heavy atom. The minimum Gasteiger partial charge on any atom is -0.462 e. The van der Waals surface area contributed by atoms with Gasteiger partial charge in [-0.3, -0.25) is 14.4 Å². The number of hydrogen-bond donors (Lipinski definition) is 0. The molecule has 0 amide bonds. The van der Waals surface area contributed by atoms with E-state index < -0.39 is 6.10 Å². The Morgan fingerprint density at radius 3 is 0.931 bits per heavy atom. The van der Waals surface area contributed by atoms with Crippen molar-refractivity contribution in [1.29, 1.82) is 0 Å². The van der Waals surface area contributed by atoms with Crippen LogP contribution in [0.15, 0.2) is 109 Å². The maximum atomic E-state index is 12.9. The van der Waals surface area contributed by atoms with E-state index in [2.05, 4.69) is 124 Å². The van der Waals surface area contributed by atoms with Crippen LogP contribution in [0, 0.1) is 0 Å². The Hall–Kier alpha value is -3.93. The van der Waals surface area contributed by atoms with Gasteiger partial charge in [0, 0.05) is 19.3 Å². The fraction of sp³-hybridized carbons (Fsp3) is 0.682. The normalized spacial score (nSPS) is 12.9. The summed E-state index contributed by atoms with van der Waals surface area (Å²) in [5.74, 6) is -1.01. The molecule has 1 unspecified atom stereocenters. The molecule has 0 saturated heterocycles. The maximum Gasteiger partial charge on any atom is 0.306 e. The lowest BCUT2D eigenvalue weighted by molar-refractivity contribution is -0.166. The number of allylic oxidation sites excluding steroid dienone is 18. The molecule has 410 valence electrons. The summed E-state index contributed by atoms with van der Waals surface area (Å²) >= 11 is 0. The third-order valence-corrected chi connectivity index (χ3v) is 12.5. The van der Waals surface area contributed by atoms with Gasteiger partial charge in [-0.05, 0) is 89.9 Å². The quantitative estimate of drug-likeness (QED) is 0.0261. The van der Waals surface area contributed by atoms with Gasteiger partial charge in [-0.1, -0.05) is 271 Å². The van der Waals surface area contributed by atoms with Gasteiger partial charge in [0.1, 0.15) is 13.2 Å². The van der Waals surface area contributed by atoms with Crippen LogP contribution in [-0.4, -0.2) is 37.2 Å². The Kier molecular flexibility index (Phi) is 56.4. The predicted octanol–water partition coefficient (Wildman–Crippen LogP) is 20.3. The molecule has 0 aliphatic carbocycles. The Labute approximate surface area is 444 Å². The molecule has 6 heteroatoms. The average Bonchev–Trinajstić information content (AvgIpc) is 3.38. The molecular weight excluding hydrogens is 889 g/mol. The van der Waals surface area contributed by atoms with E-state index in [-0.39, 0.29) is 37.5 Å². The van der Waals surface area contributed by atoms with Crippen molar-refractivity contribution in [2.24, 2.45) is 0 Å². The molecule has 0 bridgehead atoms. The van der Waals surface area contributed by atoms with Crippen molar-refractivity contribution in [3.05, 3.63) is 109 Å². The molecule has 72 heavy (non-hydrogen) atoms. The van der Waals surface area contributed by atoms with E-state index in [0.29, 0.717) is 19.3 Å². The third-order valence-electron chi connectivity index (χ3n) is 12.5. The number of ether oxygens (including phenoxy) is 3. The summed E-state index contributed by atoms with van der Waals surface area (Å²) < 4.78 is 16.8. The second-order valence-corrected chi connectivity index (χ2v) is 19.5. The Balaban J connectivity index is 4.43. The fourth-order valence-corrected chi connectivity index (χ4v) is 8.13. The molecule has 0 aliphatic rings. The second-order valence-electron chi connectivity index (χ2n) is 19.5. The summed E-state index contributed by atoms with van der Waals surface area (Å²) in [6, 6.07) is 0. The van der Waals surface area contributed by atoms with Crippen molar-refractivity contribution in [3.63, 3.8) is 0 Å². The molecule has 0 N–H and O–H groups in total. The minimum atomic E-state index is -0.816. The van der Waals surface area contributed by atoms with E-state index in [9.17, 15) is 14.4 Å². The fourth-order valence-electron chi connectivity index (χ4n) is 8.13. The van der Waals surface area contributed by atoms with Crippen LogP contribution in [0.2, 0.25) is 0 Å². The van der Waals surface area contributed by atoms with Crippen LogP contribution in [0.25, 0.3) is 0 Å². The van der Waals surface area contributed by atoms with Crippen LogP contribution in [0.5, 0.6) is 0 Å². The van der Waals surface area contributed by atoms with E-state index in [4.69, 9.17) is 14.2 Å². The molecule has 0 aromatic heterocycles. The van der Waals surface area contributed by atoms with Gasteiger partial charge in [-0.25, -0.2) is 0 Å². The monoisotopic (exact) mass is 999 g/mol. The lowest BCUT2D eigenvalue weighted by Crippen LogP contribution is -2.30. The molecule has 0 aliphatic heterocycles.